The van der Waals surface area contributed by atoms with Gasteiger partial charge in [0.2, 0.25) is 0 Å². The fourth-order valence-electron chi connectivity index (χ4n) is 1.87. The maximum atomic E-state index is 13.3. The van der Waals surface area contributed by atoms with E-state index < -0.39 is 11.6 Å². The highest BCUT2D eigenvalue weighted by Crippen LogP contribution is 2.17. The molecular formula is C12H15F2NS. The van der Waals surface area contributed by atoms with Gasteiger partial charge in [-0.15, -0.1) is 0 Å². The summed E-state index contributed by atoms with van der Waals surface area (Å²) in [5.74, 6) is 1.41. The van der Waals surface area contributed by atoms with E-state index in [0.29, 0.717) is 19.0 Å². The number of nitrogens with one attached hydrogen (secondary N) is 1. The van der Waals surface area contributed by atoms with Crippen molar-refractivity contribution in [2.45, 2.75) is 18.9 Å². The molecule has 4 heteroatoms. The summed E-state index contributed by atoms with van der Waals surface area (Å²) >= 11 is 1.92. The van der Waals surface area contributed by atoms with E-state index in [1.807, 2.05) is 11.8 Å². The van der Waals surface area contributed by atoms with E-state index in [2.05, 4.69) is 5.32 Å². The van der Waals surface area contributed by atoms with Gasteiger partial charge in [0.15, 0.2) is 0 Å². The first-order chi connectivity index (χ1) is 7.77. The fraction of sp³-hybridized carbons (Fsp3) is 0.500. The number of hydrogen-bond acceptors (Lipinski definition) is 2. The van der Waals surface area contributed by atoms with Crippen molar-refractivity contribution in [1.82, 2.24) is 5.32 Å². The summed E-state index contributed by atoms with van der Waals surface area (Å²) in [7, 11) is 0. The monoisotopic (exact) mass is 243 g/mol. The van der Waals surface area contributed by atoms with Crippen molar-refractivity contribution in [2.24, 2.45) is 0 Å². The molecule has 0 radical (unpaired) electrons. The van der Waals surface area contributed by atoms with E-state index in [1.54, 1.807) is 0 Å². The smallest absolute Gasteiger partial charge is 0.129 e. The summed E-state index contributed by atoms with van der Waals surface area (Å²) in [4.78, 5) is 0. The highest BCUT2D eigenvalue weighted by molar-refractivity contribution is 7.99. The first kappa shape index (κ1) is 11.9. The van der Waals surface area contributed by atoms with Crippen LogP contribution in [0, 0.1) is 11.6 Å². The summed E-state index contributed by atoms with van der Waals surface area (Å²) in [6, 6.07) is 4.53. The van der Waals surface area contributed by atoms with E-state index in [-0.39, 0.29) is 5.56 Å². The van der Waals surface area contributed by atoms with Crippen LogP contribution < -0.4 is 5.32 Å². The molecule has 1 heterocycles. The van der Waals surface area contributed by atoms with Gasteiger partial charge in [-0.05, 0) is 37.3 Å². The summed E-state index contributed by atoms with van der Waals surface area (Å²) in [6.07, 6.45) is 1.57. The van der Waals surface area contributed by atoms with Crippen molar-refractivity contribution < 1.29 is 8.78 Å². The maximum absolute atomic E-state index is 13.3. The minimum absolute atomic E-state index is 0.195. The third kappa shape index (κ3) is 2.95. The van der Waals surface area contributed by atoms with E-state index in [0.717, 1.165) is 12.2 Å². The Morgan fingerprint density at radius 1 is 1.31 bits per heavy atom. The Hall–Kier alpha value is -0.610. The summed E-state index contributed by atoms with van der Waals surface area (Å²) in [5.41, 5.74) is 0.195. The average molecular weight is 243 g/mol. The number of thioether (sulfide) groups is 1. The summed E-state index contributed by atoms with van der Waals surface area (Å²) in [6.45, 7) is 0.642. The Kier molecular flexibility index (Phi) is 4.18. The van der Waals surface area contributed by atoms with Crippen molar-refractivity contribution in [2.75, 3.05) is 18.1 Å². The van der Waals surface area contributed by atoms with Crippen LogP contribution in [0.1, 0.15) is 12.0 Å². The Bertz CT molecular complexity index is 331. The van der Waals surface area contributed by atoms with Gasteiger partial charge in [0, 0.05) is 17.4 Å². The number of hydrogen-bond donors (Lipinski definition) is 1. The third-order valence-corrected chi connectivity index (χ3v) is 3.96. The molecular weight excluding hydrogens is 228 g/mol. The van der Waals surface area contributed by atoms with Gasteiger partial charge in [0.25, 0.3) is 0 Å². The second-order valence-electron chi connectivity index (χ2n) is 3.96. The lowest BCUT2D eigenvalue weighted by Gasteiger charge is -2.11. The lowest BCUT2D eigenvalue weighted by atomic mass is 10.1. The van der Waals surface area contributed by atoms with Crippen LogP contribution in [-0.4, -0.2) is 24.1 Å². The molecule has 1 aliphatic heterocycles. The standard InChI is InChI=1S/C12H15F2NS/c13-11-2-1-3-12(14)10(11)4-6-15-9-5-7-16-8-9/h1-3,9,15H,4-8H2. The molecule has 1 atom stereocenters. The molecule has 1 aromatic rings. The normalized spacial score (nSPS) is 20.2. The third-order valence-electron chi connectivity index (χ3n) is 2.80. The number of rotatable bonds is 4. The highest BCUT2D eigenvalue weighted by Gasteiger charge is 2.15. The Morgan fingerprint density at radius 2 is 2.06 bits per heavy atom. The molecule has 0 bridgehead atoms. The predicted octanol–water partition coefficient (Wildman–Crippen LogP) is 2.60. The van der Waals surface area contributed by atoms with Crippen molar-refractivity contribution in [1.29, 1.82) is 0 Å². The van der Waals surface area contributed by atoms with E-state index >= 15 is 0 Å². The van der Waals surface area contributed by atoms with E-state index in [1.165, 1.54) is 24.0 Å². The molecule has 1 N–H and O–H groups in total. The van der Waals surface area contributed by atoms with Crippen molar-refractivity contribution >= 4 is 11.8 Å². The quantitative estimate of drug-likeness (QED) is 0.872. The molecule has 1 unspecified atom stereocenters. The van der Waals surface area contributed by atoms with Gasteiger partial charge < -0.3 is 5.32 Å². The number of halogens is 2. The Labute approximate surface area is 98.6 Å². The van der Waals surface area contributed by atoms with Crippen molar-refractivity contribution in [3.05, 3.63) is 35.4 Å². The zero-order chi connectivity index (χ0) is 11.4. The first-order valence-electron chi connectivity index (χ1n) is 5.51. The molecule has 0 aromatic heterocycles. The van der Waals surface area contributed by atoms with Gasteiger partial charge in [-0.2, -0.15) is 11.8 Å². The van der Waals surface area contributed by atoms with Gasteiger partial charge in [0.05, 0.1) is 0 Å². The van der Waals surface area contributed by atoms with Crippen LogP contribution in [0.3, 0.4) is 0 Å². The van der Waals surface area contributed by atoms with E-state index in [4.69, 9.17) is 0 Å². The predicted molar refractivity (Wildman–Crippen MR) is 63.8 cm³/mol. The highest BCUT2D eigenvalue weighted by atomic mass is 32.2. The molecule has 0 aliphatic carbocycles. The molecule has 1 aromatic carbocycles. The lowest BCUT2D eigenvalue weighted by molar-refractivity contribution is 0.523. The largest absolute Gasteiger partial charge is 0.313 e. The van der Waals surface area contributed by atoms with Gasteiger partial charge >= 0.3 is 0 Å². The maximum Gasteiger partial charge on any atom is 0.129 e. The molecule has 16 heavy (non-hydrogen) atoms. The zero-order valence-electron chi connectivity index (χ0n) is 9.01. The Balaban J connectivity index is 1.84. The van der Waals surface area contributed by atoms with Crippen LogP contribution in [-0.2, 0) is 6.42 Å². The molecule has 0 saturated carbocycles. The molecule has 1 saturated heterocycles. The lowest BCUT2D eigenvalue weighted by Crippen LogP contribution is -2.30. The first-order valence-corrected chi connectivity index (χ1v) is 6.67. The van der Waals surface area contributed by atoms with Crippen molar-refractivity contribution in [3.63, 3.8) is 0 Å². The van der Waals surface area contributed by atoms with E-state index in [9.17, 15) is 8.78 Å². The molecule has 2 rings (SSSR count). The van der Waals surface area contributed by atoms with Crippen LogP contribution in [0.2, 0.25) is 0 Å². The summed E-state index contributed by atoms with van der Waals surface area (Å²) in [5, 5.41) is 3.33. The molecule has 1 nitrogen and oxygen atoms in total. The molecule has 0 amide bonds. The van der Waals surface area contributed by atoms with Crippen molar-refractivity contribution in [3.8, 4) is 0 Å². The minimum atomic E-state index is -0.442. The second kappa shape index (κ2) is 5.64. The zero-order valence-corrected chi connectivity index (χ0v) is 9.83. The van der Waals surface area contributed by atoms with Crippen LogP contribution in [0.25, 0.3) is 0 Å². The van der Waals surface area contributed by atoms with Gasteiger partial charge in [0.1, 0.15) is 11.6 Å². The van der Waals surface area contributed by atoms with Crippen LogP contribution >= 0.6 is 11.8 Å². The van der Waals surface area contributed by atoms with Gasteiger partial charge in [-0.1, -0.05) is 6.07 Å². The SMILES string of the molecule is Fc1cccc(F)c1CCNC1CCSC1. The minimum Gasteiger partial charge on any atom is -0.313 e. The van der Waals surface area contributed by atoms with Crippen LogP contribution in [0.15, 0.2) is 18.2 Å². The van der Waals surface area contributed by atoms with Gasteiger partial charge in [-0.3, -0.25) is 0 Å². The topological polar surface area (TPSA) is 12.0 Å². The fourth-order valence-corrected chi connectivity index (χ4v) is 3.05. The van der Waals surface area contributed by atoms with Crippen LogP contribution in [0.5, 0.6) is 0 Å². The van der Waals surface area contributed by atoms with Crippen LogP contribution in [0.4, 0.5) is 8.78 Å². The number of benzene rings is 1. The summed E-state index contributed by atoms with van der Waals surface area (Å²) < 4.78 is 26.6. The molecule has 1 fully saturated rings. The molecule has 0 spiro atoms. The molecule has 1 aliphatic rings. The molecule has 88 valence electrons. The second-order valence-corrected chi connectivity index (χ2v) is 5.11. The van der Waals surface area contributed by atoms with Gasteiger partial charge in [-0.25, -0.2) is 8.78 Å². The average Bonchev–Trinajstić information content (AvgIpc) is 2.75. The Morgan fingerprint density at radius 3 is 2.69 bits per heavy atom.